The standard InChI is InChI=1S/C23H28FN7O3S.H2S/c1-35(32,33)31-9-7-30(8-10-31)21-3-2-16(12-18(21)24)19-13-20-22(27-5-4-26-20)23(29-19)28-15-17-14-25-6-11-34-17;/h2-5,12-13,17,25H,6-11,14-15H2,1H3,(H,28,29);1H2/t17-;/m0./s1. The van der Waals surface area contributed by atoms with Crippen molar-refractivity contribution in [2.75, 3.05) is 68.9 Å². The van der Waals surface area contributed by atoms with Gasteiger partial charge in [-0.05, 0) is 18.2 Å². The summed E-state index contributed by atoms with van der Waals surface area (Å²) in [6.45, 7) is 4.34. The maximum Gasteiger partial charge on any atom is 0.211 e. The summed E-state index contributed by atoms with van der Waals surface area (Å²) in [6, 6.07) is 6.80. The lowest BCUT2D eigenvalue weighted by atomic mass is 10.1. The predicted octanol–water partition coefficient (Wildman–Crippen LogP) is 1.43. The number of hydrogen-bond acceptors (Lipinski definition) is 9. The Balaban J connectivity index is 0.00000304. The van der Waals surface area contributed by atoms with Gasteiger partial charge in [0.25, 0.3) is 0 Å². The molecule has 0 aliphatic carbocycles. The third kappa shape index (κ3) is 5.86. The van der Waals surface area contributed by atoms with Crippen molar-refractivity contribution in [1.82, 2.24) is 24.6 Å². The number of nitrogens with one attached hydrogen (secondary N) is 2. The summed E-state index contributed by atoms with van der Waals surface area (Å²) in [5, 5.41) is 6.63. The number of benzene rings is 1. The molecule has 2 aliphatic rings. The molecule has 2 N–H and O–H groups in total. The van der Waals surface area contributed by atoms with Gasteiger partial charge in [0.1, 0.15) is 11.3 Å². The second-order valence-electron chi connectivity index (χ2n) is 8.67. The average Bonchev–Trinajstić information content (AvgIpc) is 2.87. The lowest BCUT2D eigenvalue weighted by Crippen LogP contribution is -2.48. The summed E-state index contributed by atoms with van der Waals surface area (Å²) in [6.07, 6.45) is 4.44. The summed E-state index contributed by atoms with van der Waals surface area (Å²) in [4.78, 5) is 15.4. The minimum Gasteiger partial charge on any atom is -0.374 e. The lowest BCUT2D eigenvalue weighted by molar-refractivity contribution is 0.0372. The molecule has 2 fully saturated rings. The molecule has 1 aromatic carbocycles. The molecule has 1 atom stereocenters. The number of aromatic nitrogens is 3. The first kappa shape index (κ1) is 26.5. The van der Waals surface area contributed by atoms with Crippen LogP contribution in [0.25, 0.3) is 22.3 Å². The smallest absolute Gasteiger partial charge is 0.211 e. The maximum atomic E-state index is 15.2. The van der Waals surface area contributed by atoms with Gasteiger partial charge in [0.05, 0.1) is 35.9 Å². The third-order valence-electron chi connectivity index (χ3n) is 6.25. The van der Waals surface area contributed by atoms with Gasteiger partial charge in [-0.3, -0.25) is 4.98 Å². The van der Waals surface area contributed by atoms with E-state index in [1.54, 1.807) is 24.5 Å². The van der Waals surface area contributed by atoms with Gasteiger partial charge >= 0.3 is 0 Å². The first-order chi connectivity index (χ1) is 16.9. The molecular formula is C23H30FN7O3S2. The van der Waals surface area contributed by atoms with Gasteiger partial charge < -0.3 is 20.3 Å². The van der Waals surface area contributed by atoms with Crippen LogP contribution in [0.1, 0.15) is 0 Å². The molecule has 194 valence electrons. The quantitative estimate of drug-likeness (QED) is 0.484. The Morgan fingerprint density at radius 3 is 2.64 bits per heavy atom. The molecule has 0 saturated carbocycles. The van der Waals surface area contributed by atoms with Gasteiger partial charge in [-0.1, -0.05) is 6.07 Å². The van der Waals surface area contributed by atoms with Gasteiger partial charge in [-0.25, -0.2) is 22.8 Å². The summed E-state index contributed by atoms with van der Waals surface area (Å²) in [7, 11) is -3.24. The van der Waals surface area contributed by atoms with Crippen molar-refractivity contribution >= 4 is 46.1 Å². The largest absolute Gasteiger partial charge is 0.374 e. The number of pyridine rings is 1. The summed E-state index contributed by atoms with van der Waals surface area (Å²) < 4.78 is 45.9. The summed E-state index contributed by atoms with van der Waals surface area (Å²) >= 11 is 0. The Bertz CT molecular complexity index is 1310. The number of sulfonamides is 1. The Morgan fingerprint density at radius 2 is 1.94 bits per heavy atom. The van der Waals surface area contributed by atoms with E-state index in [1.807, 2.05) is 11.0 Å². The highest BCUT2D eigenvalue weighted by molar-refractivity contribution is 7.88. The number of rotatable bonds is 6. The first-order valence-corrected chi connectivity index (χ1v) is 13.4. The van der Waals surface area contributed by atoms with Crippen LogP contribution in [0.3, 0.4) is 0 Å². The zero-order valence-electron chi connectivity index (χ0n) is 19.9. The number of morpholine rings is 1. The van der Waals surface area contributed by atoms with Crippen molar-refractivity contribution in [2.45, 2.75) is 6.10 Å². The number of ether oxygens (including phenoxy) is 1. The molecule has 5 rings (SSSR count). The van der Waals surface area contributed by atoms with Crippen molar-refractivity contribution in [1.29, 1.82) is 0 Å². The average molecular weight is 536 g/mol. The third-order valence-corrected chi connectivity index (χ3v) is 7.55. The van der Waals surface area contributed by atoms with E-state index in [0.29, 0.717) is 73.1 Å². The Hall–Kier alpha value is -2.58. The lowest BCUT2D eigenvalue weighted by Gasteiger charge is -2.34. The second kappa shape index (κ2) is 11.2. The molecule has 3 aromatic rings. The SMILES string of the molecule is CS(=O)(=O)N1CCN(c2ccc(-c3cc4nccnc4c(NC[C@@H]4CNCCO4)n3)cc2F)CC1.S. The minimum absolute atomic E-state index is 0. The molecule has 2 saturated heterocycles. The van der Waals surface area contributed by atoms with Gasteiger partial charge in [-0.2, -0.15) is 17.8 Å². The van der Waals surface area contributed by atoms with E-state index in [-0.39, 0.29) is 25.4 Å². The molecule has 36 heavy (non-hydrogen) atoms. The fourth-order valence-electron chi connectivity index (χ4n) is 4.39. The van der Waals surface area contributed by atoms with Crippen molar-refractivity contribution in [3.63, 3.8) is 0 Å². The van der Waals surface area contributed by atoms with Crippen LogP contribution >= 0.6 is 13.5 Å². The van der Waals surface area contributed by atoms with E-state index in [4.69, 9.17) is 9.72 Å². The van der Waals surface area contributed by atoms with Gasteiger partial charge in [0.2, 0.25) is 10.0 Å². The molecule has 2 aromatic heterocycles. The molecule has 0 bridgehead atoms. The van der Waals surface area contributed by atoms with E-state index in [2.05, 4.69) is 20.6 Å². The molecule has 4 heterocycles. The normalized spacial score (nSPS) is 19.2. The number of fused-ring (bicyclic) bond motifs is 1. The molecule has 10 nitrogen and oxygen atoms in total. The van der Waals surface area contributed by atoms with Gasteiger partial charge in [-0.15, -0.1) is 0 Å². The maximum absolute atomic E-state index is 15.2. The van der Waals surface area contributed by atoms with Crippen molar-refractivity contribution in [3.05, 3.63) is 42.5 Å². The zero-order chi connectivity index (χ0) is 24.4. The molecule has 13 heteroatoms. The highest BCUT2D eigenvalue weighted by Crippen LogP contribution is 2.30. The predicted molar refractivity (Wildman–Crippen MR) is 143 cm³/mol. The molecule has 0 unspecified atom stereocenters. The molecule has 0 amide bonds. The monoisotopic (exact) mass is 535 g/mol. The molecular weight excluding hydrogens is 505 g/mol. The van der Waals surface area contributed by atoms with E-state index < -0.39 is 10.0 Å². The molecule has 2 aliphatic heterocycles. The summed E-state index contributed by atoms with van der Waals surface area (Å²) in [5.41, 5.74) is 2.94. The van der Waals surface area contributed by atoms with E-state index in [9.17, 15) is 8.42 Å². The topological polar surface area (TPSA) is 113 Å². The Labute approximate surface area is 216 Å². The highest BCUT2D eigenvalue weighted by Gasteiger charge is 2.25. The first-order valence-electron chi connectivity index (χ1n) is 11.6. The van der Waals surface area contributed by atoms with Crippen LogP contribution in [0.4, 0.5) is 15.9 Å². The van der Waals surface area contributed by atoms with E-state index in [0.717, 1.165) is 13.1 Å². The van der Waals surface area contributed by atoms with Gasteiger partial charge in [0, 0.05) is 63.8 Å². The van der Waals surface area contributed by atoms with Crippen LogP contribution < -0.4 is 15.5 Å². The van der Waals surface area contributed by atoms with Crippen molar-refractivity contribution in [2.24, 2.45) is 0 Å². The number of nitrogens with zero attached hydrogens (tertiary/aromatic N) is 5. The minimum atomic E-state index is -3.24. The van der Waals surface area contributed by atoms with Crippen LogP contribution in [-0.4, -0.2) is 92.5 Å². The summed E-state index contributed by atoms with van der Waals surface area (Å²) in [5.74, 6) is 0.189. The molecule has 0 spiro atoms. The van der Waals surface area contributed by atoms with Crippen molar-refractivity contribution < 1.29 is 17.5 Å². The zero-order valence-corrected chi connectivity index (χ0v) is 21.8. The number of halogens is 1. The second-order valence-corrected chi connectivity index (χ2v) is 10.7. The van der Waals surface area contributed by atoms with Crippen LogP contribution in [0, 0.1) is 5.82 Å². The fraction of sp³-hybridized carbons (Fsp3) is 0.435. The number of hydrogen-bond donors (Lipinski definition) is 2. The molecule has 0 radical (unpaired) electrons. The van der Waals surface area contributed by atoms with Crippen LogP contribution in [0.2, 0.25) is 0 Å². The van der Waals surface area contributed by atoms with Crippen molar-refractivity contribution in [3.8, 4) is 11.3 Å². The number of piperazine rings is 1. The Kier molecular flexibility index (Phi) is 8.25. The van der Waals surface area contributed by atoms with Crippen LogP contribution in [0.15, 0.2) is 36.7 Å². The Morgan fingerprint density at radius 1 is 1.17 bits per heavy atom. The van der Waals surface area contributed by atoms with Crippen LogP contribution in [-0.2, 0) is 14.8 Å². The van der Waals surface area contributed by atoms with E-state index in [1.165, 1.54) is 16.6 Å². The van der Waals surface area contributed by atoms with E-state index >= 15 is 4.39 Å². The van der Waals surface area contributed by atoms with Gasteiger partial charge in [0.15, 0.2) is 5.82 Å². The number of anilines is 2. The fourth-order valence-corrected chi connectivity index (χ4v) is 5.21. The van der Waals surface area contributed by atoms with Crippen LogP contribution in [0.5, 0.6) is 0 Å². The highest BCUT2D eigenvalue weighted by atomic mass is 32.2.